The fourth-order valence-corrected chi connectivity index (χ4v) is 3.57. The van der Waals surface area contributed by atoms with Gasteiger partial charge in [-0.15, -0.1) is 0 Å². The molecule has 0 atom stereocenters. The predicted molar refractivity (Wildman–Crippen MR) is 88.5 cm³/mol. The highest BCUT2D eigenvalue weighted by Gasteiger charge is 2.42. The monoisotopic (exact) mass is 365 g/mol. The van der Waals surface area contributed by atoms with E-state index < -0.39 is 15.9 Å². The maximum absolute atomic E-state index is 12.2. The van der Waals surface area contributed by atoms with Gasteiger partial charge in [0.15, 0.2) is 9.84 Å². The van der Waals surface area contributed by atoms with E-state index in [4.69, 9.17) is 0 Å². The van der Waals surface area contributed by atoms with Gasteiger partial charge in [-0.25, -0.2) is 13.2 Å². The summed E-state index contributed by atoms with van der Waals surface area (Å²) < 4.78 is 22.8. The zero-order valence-corrected chi connectivity index (χ0v) is 14.6. The maximum Gasteiger partial charge on any atom is 0.324 e. The van der Waals surface area contributed by atoms with E-state index in [-0.39, 0.29) is 29.3 Å². The van der Waals surface area contributed by atoms with Crippen LogP contribution in [0, 0.1) is 0 Å². The van der Waals surface area contributed by atoms with Gasteiger partial charge >= 0.3 is 6.03 Å². The molecule has 0 spiro atoms. The molecule has 1 N–H and O–H groups in total. The van der Waals surface area contributed by atoms with Gasteiger partial charge in [-0.1, -0.05) is 12.1 Å². The Morgan fingerprint density at radius 2 is 1.84 bits per heavy atom. The summed E-state index contributed by atoms with van der Waals surface area (Å²) in [5, 5.41) is 2.47. The average molecular weight is 365 g/mol. The van der Waals surface area contributed by atoms with E-state index in [0.29, 0.717) is 25.9 Å². The number of urea groups is 1. The van der Waals surface area contributed by atoms with Crippen molar-refractivity contribution < 1.29 is 22.8 Å². The van der Waals surface area contributed by atoms with Crippen molar-refractivity contribution in [1.82, 2.24) is 15.1 Å². The van der Waals surface area contributed by atoms with Gasteiger partial charge in [0.1, 0.15) is 0 Å². The number of nitrogens with one attached hydrogen (secondary N) is 1. The third-order valence-electron chi connectivity index (χ3n) is 4.44. The number of likely N-dealkylation sites (tertiary alicyclic amines) is 1. The van der Waals surface area contributed by atoms with E-state index in [0.717, 1.165) is 11.8 Å². The molecule has 2 heterocycles. The summed E-state index contributed by atoms with van der Waals surface area (Å²) in [4.78, 5) is 38.4. The topological polar surface area (TPSA) is 104 Å². The van der Waals surface area contributed by atoms with Crippen LogP contribution in [0.25, 0.3) is 0 Å². The summed E-state index contributed by atoms with van der Waals surface area (Å²) >= 11 is 0. The highest BCUT2D eigenvalue weighted by atomic mass is 32.2. The smallest absolute Gasteiger partial charge is 0.324 e. The summed E-state index contributed by atoms with van der Waals surface area (Å²) in [6.45, 7) is 0.753. The average Bonchev–Trinajstić information content (AvgIpc) is 2.83. The van der Waals surface area contributed by atoms with Crippen LogP contribution in [0.3, 0.4) is 0 Å². The summed E-state index contributed by atoms with van der Waals surface area (Å²) in [6, 6.07) is 5.84. The molecule has 0 saturated carbocycles. The Morgan fingerprint density at radius 3 is 2.36 bits per heavy atom. The van der Waals surface area contributed by atoms with E-state index in [1.807, 2.05) is 0 Å². The van der Waals surface area contributed by atoms with Crippen LogP contribution in [0.2, 0.25) is 0 Å². The molecule has 25 heavy (non-hydrogen) atoms. The molecule has 2 aliphatic rings. The summed E-state index contributed by atoms with van der Waals surface area (Å²) in [7, 11) is -3.22. The molecule has 0 bridgehead atoms. The minimum atomic E-state index is -3.22. The molecule has 0 aromatic heterocycles. The van der Waals surface area contributed by atoms with Crippen LogP contribution in [-0.2, 0) is 25.8 Å². The first-order chi connectivity index (χ1) is 11.8. The van der Waals surface area contributed by atoms with Crippen molar-refractivity contribution in [2.45, 2.75) is 23.8 Å². The maximum atomic E-state index is 12.2. The molecule has 0 aliphatic carbocycles. The lowest BCUT2D eigenvalue weighted by molar-refractivity contribution is -0.142. The molecule has 2 saturated heterocycles. The van der Waals surface area contributed by atoms with Crippen LogP contribution in [0.5, 0.6) is 0 Å². The van der Waals surface area contributed by atoms with E-state index in [1.54, 1.807) is 17.0 Å². The van der Waals surface area contributed by atoms with E-state index >= 15 is 0 Å². The molecular formula is C16H19N3O5S. The molecule has 2 aliphatic heterocycles. The quantitative estimate of drug-likeness (QED) is 0.727. The number of aryl methyl sites for hydroxylation is 1. The van der Waals surface area contributed by atoms with Crippen molar-refractivity contribution >= 4 is 27.7 Å². The summed E-state index contributed by atoms with van der Waals surface area (Å²) in [6.07, 6.45) is 1.95. The van der Waals surface area contributed by atoms with Crippen LogP contribution >= 0.6 is 0 Å². The van der Waals surface area contributed by atoms with Crippen molar-refractivity contribution in [3.8, 4) is 0 Å². The van der Waals surface area contributed by atoms with Crippen LogP contribution in [0.4, 0.5) is 4.79 Å². The first-order valence-electron chi connectivity index (χ1n) is 7.92. The highest BCUT2D eigenvalue weighted by Crippen LogP contribution is 2.19. The fourth-order valence-electron chi connectivity index (χ4n) is 2.94. The number of benzene rings is 1. The van der Waals surface area contributed by atoms with Crippen molar-refractivity contribution in [2.24, 2.45) is 0 Å². The van der Waals surface area contributed by atoms with Gasteiger partial charge in [0.25, 0.3) is 0 Å². The molecule has 9 heteroatoms. The number of carbonyl (C=O) groups is 3. The zero-order chi connectivity index (χ0) is 18.2. The van der Waals surface area contributed by atoms with Gasteiger partial charge in [0.2, 0.25) is 11.8 Å². The number of hydrogen-bond acceptors (Lipinski definition) is 5. The van der Waals surface area contributed by atoms with Gasteiger partial charge in [-0.05, 0) is 24.1 Å². The Kier molecular flexibility index (Phi) is 4.51. The lowest BCUT2D eigenvalue weighted by Gasteiger charge is -2.42. The molecule has 4 amide bonds. The third-order valence-corrected chi connectivity index (χ3v) is 5.57. The minimum absolute atomic E-state index is 0.0206. The van der Waals surface area contributed by atoms with Crippen LogP contribution in [0.1, 0.15) is 12.0 Å². The highest BCUT2D eigenvalue weighted by molar-refractivity contribution is 7.90. The lowest BCUT2D eigenvalue weighted by atomic mass is 10.0. The second-order valence-electron chi connectivity index (χ2n) is 6.29. The van der Waals surface area contributed by atoms with E-state index in [9.17, 15) is 22.8 Å². The second-order valence-corrected chi connectivity index (χ2v) is 8.31. The van der Waals surface area contributed by atoms with E-state index in [2.05, 4.69) is 5.32 Å². The normalized spacial score (nSPS) is 18.3. The number of sulfone groups is 1. The molecule has 1 aromatic rings. The van der Waals surface area contributed by atoms with Crippen molar-refractivity contribution in [3.63, 3.8) is 0 Å². The zero-order valence-electron chi connectivity index (χ0n) is 13.8. The summed E-state index contributed by atoms with van der Waals surface area (Å²) in [5.41, 5.74) is 0.881. The Hall–Kier alpha value is -2.42. The fraction of sp³-hybridized carbons (Fsp3) is 0.438. The van der Waals surface area contributed by atoms with Gasteiger partial charge < -0.3 is 10.2 Å². The van der Waals surface area contributed by atoms with Crippen molar-refractivity contribution in [3.05, 3.63) is 29.8 Å². The minimum Gasteiger partial charge on any atom is -0.338 e. The molecule has 2 fully saturated rings. The molecule has 1 aromatic carbocycles. The van der Waals surface area contributed by atoms with Crippen LogP contribution < -0.4 is 5.32 Å². The SMILES string of the molecule is CS(=O)(=O)c1ccc(CCC(=O)N2CC(N3C(=O)CNC3=O)C2)cc1. The molecule has 8 nitrogen and oxygen atoms in total. The second kappa shape index (κ2) is 6.47. The van der Waals surface area contributed by atoms with E-state index in [1.165, 1.54) is 17.0 Å². The first-order valence-corrected chi connectivity index (χ1v) is 9.81. The van der Waals surface area contributed by atoms with Gasteiger partial charge in [0, 0.05) is 25.8 Å². The molecule has 0 unspecified atom stereocenters. The Balaban J connectivity index is 1.48. The predicted octanol–water partition coefficient (Wildman–Crippen LogP) is -0.215. The number of nitrogens with zero attached hydrogens (tertiary/aromatic N) is 2. The largest absolute Gasteiger partial charge is 0.338 e. The molecule has 3 rings (SSSR count). The standard InChI is InChI=1S/C16H19N3O5S/c1-25(23,24)13-5-2-11(3-6-13)4-7-14(20)18-9-12(10-18)19-15(21)8-17-16(19)22/h2-3,5-6,12H,4,7-10H2,1H3,(H,17,22). The number of carbonyl (C=O) groups excluding carboxylic acids is 3. The third kappa shape index (κ3) is 3.65. The van der Waals surface area contributed by atoms with Gasteiger partial charge in [0.05, 0.1) is 17.5 Å². The van der Waals surface area contributed by atoms with Crippen LogP contribution in [0.15, 0.2) is 29.2 Å². The van der Waals surface area contributed by atoms with Crippen molar-refractivity contribution in [2.75, 3.05) is 25.9 Å². The molecular weight excluding hydrogens is 346 g/mol. The number of imide groups is 1. The van der Waals surface area contributed by atoms with Gasteiger partial charge in [-0.2, -0.15) is 0 Å². The number of rotatable bonds is 5. The van der Waals surface area contributed by atoms with Crippen molar-refractivity contribution in [1.29, 1.82) is 0 Å². The molecule has 134 valence electrons. The summed E-state index contributed by atoms with van der Waals surface area (Å²) in [5.74, 6) is -0.302. The Morgan fingerprint density at radius 1 is 1.20 bits per heavy atom. The Bertz CT molecular complexity index is 797. The molecule has 0 radical (unpaired) electrons. The first kappa shape index (κ1) is 17.4. The number of amides is 4. The number of hydrogen-bond donors (Lipinski definition) is 1. The lowest BCUT2D eigenvalue weighted by Crippen LogP contribution is -2.62. The van der Waals surface area contributed by atoms with Crippen LogP contribution in [-0.4, -0.2) is 68.0 Å². The van der Waals surface area contributed by atoms with Gasteiger partial charge in [-0.3, -0.25) is 14.5 Å². The Labute approximate surface area is 145 Å².